The van der Waals surface area contributed by atoms with Gasteiger partial charge in [-0.15, -0.1) is 0 Å². The van der Waals surface area contributed by atoms with Crippen LogP contribution in [0.3, 0.4) is 0 Å². The fraction of sp³-hybridized carbons (Fsp3) is 0.182. The van der Waals surface area contributed by atoms with Gasteiger partial charge in [0.1, 0.15) is 0 Å². The molecule has 0 nitrogen and oxygen atoms in total. The molecule has 3 rings (SSSR count). The molecule has 0 amide bonds. The van der Waals surface area contributed by atoms with Crippen LogP contribution >= 0.6 is 0 Å². The predicted molar refractivity (Wildman–Crippen MR) is 100 cm³/mol. The van der Waals surface area contributed by atoms with Crippen LogP contribution in [0.2, 0.25) is 0 Å². The molecule has 0 bridgehead atoms. The van der Waals surface area contributed by atoms with E-state index in [4.69, 9.17) is 0 Å². The van der Waals surface area contributed by atoms with Crippen molar-refractivity contribution in [1.82, 2.24) is 0 Å². The maximum absolute atomic E-state index is 2.33. The molecule has 0 saturated carbocycles. The standard InChI is InChI=1S/C22H23S/c1-16-5-9-20(10-6-16)23(21-11-7-17(2)8-12-21)22-14-18(3)13-19(4)15-22/h5-15H,1-4H3/q+1. The van der Waals surface area contributed by atoms with E-state index in [0.717, 1.165) is 0 Å². The SMILES string of the molecule is Cc1ccc([S+](c2ccc(C)cc2)c2cc(C)cc(C)c2)cc1. The summed E-state index contributed by atoms with van der Waals surface area (Å²) in [5.74, 6) is 0. The Labute approximate surface area is 142 Å². The molecular formula is C22H23S+. The fourth-order valence-corrected chi connectivity index (χ4v) is 5.05. The largest absolute Gasteiger partial charge is 0.167 e. The van der Waals surface area contributed by atoms with Gasteiger partial charge < -0.3 is 0 Å². The lowest BCUT2D eigenvalue weighted by molar-refractivity contribution is 1.25. The van der Waals surface area contributed by atoms with E-state index in [9.17, 15) is 0 Å². The molecule has 0 fully saturated rings. The highest BCUT2D eigenvalue weighted by molar-refractivity contribution is 7.97. The van der Waals surface area contributed by atoms with Crippen molar-refractivity contribution in [3.63, 3.8) is 0 Å². The zero-order valence-electron chi connectivity index (χ0n) is 14.3. The van der Waals surface area contributed by atoms with E-state index in [-0.39, 0.29) is 10.9 Å². The third kappa shape index (κ3) is 3.68. The second kappa shape index (κ2) is 6.64. The van der Waals surface area contributed by atoms with Gasteiger partial charge in [-0.05, 0) is 75.2 Å². The van der Waals surface area contributed by atoms with Crippen LogP contribution in [-0.4, -0.2) is 0 Å². The molecule has 0 radical (unpaired) electrons. The van der Waals surface area contributed by atoms with Crippen LogP contribution in [0.1, 0.15) is 22.3 Å². The van der Waals surface area contributed by atoms with Crippen LogP contribution in [0.15, 0.2) is 81.4 Å². The van der Waals surface area contributed by atoms with Gasteiger partial charge in [0.25, 0.3) is 0 Å². The van der Waals surface area contributed by atoms with Gasteiger partial charge >= 0.3 is 0 Å². The minimum Gasteiger partial charge on any atom is -0.0560 e. The van der Waals surface area contributed by atoms with E-state index in [2.05, 4.69) is 94.4 Å². The second-order valence-corrected chi connectivity index (χ2v) is 8.28. The van der Waals surface area contributed by atoms with E-state index in [1.807, 2.05) is 0 Å². The van der Waals surface area contributed by atoms with Crippen molar-refractivity contribution >= 4 is 10.9 Å². The minimum absolute atomic E-state index is 0.0517. The molecule has 3 aromatic carbocycles. The molecule has 116 valence electrons. The Morgan fingerprint density at radius 3 is 1.22 bits per heavy atom. The van der Waals surface area contributed by atoms with Crippen LogP contribution in [-0.2, 0) is 10.9 Å². The smallest absolute Gasteiger partial charge is 0.0560 e. The maximum Gasteiger partial charge on any atom is 0.167 e. The molecule has 0 aromatic heterocycles. The lowest BCUT2D eigenvalue weighted by atomic mass is 10.2. The molecule has 23 heavy (non-hydrogen) atoms. The van der Waals surface area contributed by atoms with E-state index < -0.39 is 0 Å². The van der Waals surface area contributed by atoms with Gasteiger partial charge in [0.15, 0.2) is 14.7 Å². The summed E-state index contributed by atoms with van der Waals surface area (Å²) in [6.45, 7) is 8.65. The van der Waals surface area contributed by atoms with Gasteiger partial charge in [0.2, 0.25) is 0 Å². The normalized spacial score (nSPS) is 11.0. The number of benzene rings is 3. The Kier molecular flexibility index (Phi) is 4.58. The van der Waals surface area contributed by atoms with E-state index in [1.165, 1.54) is 36.9 Å². The quantitative estimate of drug-likeness (QED) is 0.518. The van der Waals surface area contributed by atoms with Gasteiger partial charge in [-0.3, -0.25) is 0 Å². The van der Waals surface area contributed by atoms with Gasteiger partial charge in [0.05, 0.1) is 10.9 Å². The molecule has 0 heterocycles. The van der Waals surface area contributed by atoms with Crippen molar-refractivity contribution in [2.75, 3.05) is 0 Å². The van der Waals surface area contributed by atoms with Gasteiger partial charge in [-0.2, -0.15) is 0 Å². The lowest BCUT2D eigenvalue weighted by Crippen LogP contribution is -2.05. The summed E-state index contributed by atoms with van der Waals surface area (Å²) < 4.78 is 0. The summed E-state index contributed by atoms with van der Waals surface area (Å²) >= 11 is 0. The molecule has 0 aliphatic heterocycles. The third-order valence-corrected chi connectivity index (χ3v) is 6.14. The summed E-state index contributed by atoms with van der Waals surface area (Å²) in [5, 5.41) is 0. The first-order valence-electron chi connectivity index (χ1n) is 7.99. The number of hydrogen-bond acceptors (Lipinski definition) is 0. The Balaban J connectivity index is 2.16. The summed E-state index contributed by atoms with van der Waals surface area (Å²) in [4.78, 5) is 4.16. The maximum atomic E-state index is 2.33. The first-order chi connectivity index (χ1) is 11.0. The monoisotopic (exact) mass is 319 g/mol. The molecule has 0 unspecified atom stereocenters. The summed E-state index contributed by atoms with van der Waals surface area (Å²) in [6.07, 6.45) is 0. The highest BCUT2D eigenvalue weighted by Gasteiger charge is 2.28. The average Bonchev–Trinajstić information content (AvgIpc) is 2.50. The second-order valence-electron chi connectivity index (χ2n) is 6.26. The van der Waals surface area contributed by atoms with Crippen molar-refractivity contribution in [1.29, 1.82) is 0 Å². The van der Waals surface area contributed by atoms with E-state index in [1.54, 1.807) is 0 Å². The van der Waals surface area contributed by atoms with Crippen LogP contribution in [0.4, 0.5) is 0 Å². The van der Waals surface area contributed by atoms with Gasteiger partial charge in [-0.25, -0.2) is 0 Å². The average molecular weight is 319 g/mol. The van der Waals surface area contributed by atoms with E-state index >= 15 is 0 Å². The first kappa shape index (κ1) is 15.9. The molecular weight excluding hydrogens is 296 g/mol. The van der Waals surface area contributed by atoms with Crippen LogP contribution in [0.5, 0.6) is 0 Å². The molecule has 0 aliphatic carbocycles. The summed E-state index contributed by atoms with van der Waals surface area (Å²) in [7, 11) is -0.0517. The van der Waals surface area contributed by atoms with Crippen molar-refractivity contribution in [2.45, 2.75) is 42.4 Å². The Morgan fingerprint density at radius 1 is 0.435 bits per heavy atom. The molecule has 0 N–H and O–H groups in total. The van der Waals surface area contributed by atoms with Crippen LogP contribution < -0.4 is 0 Å². The molecule has 0 atom stereocenters. The molecule has 0 aliphatic rings. The van der Waals surface area contributed by atoms with Gasteiger partial charge in [-0.1, -0.05) is 41.5 Å². The molecule has 0 spiro atoms. The summed E-state index contributed by atoms with van der Waals surface area (Å²) in [6, 6.07) is 24.9. The third-order valence-electron chi connectivity index (χ3n) is 3.94. The first-order valence-corrected chi connectivity index (χ1v) is 9.21. The van der Waals surface area contributed by atoms with Crippen molar-refractivity contribution < 1.29 is 0 Å². The zero-order chi connectivity index (χ0) is 16.4. The zero-order valence-corrected chi connectivity index (χ0v) is 15.1. The Bertz CT molecular complexity index is 733. The van der Waals surface area contributed by atoms with E-state index in [0.29, 0.717) is 0 Å². The molecule has 3 aromatic rings. The minimum atomic E-state index is -0.0517. The predicted octanol–water partition coefficient (Wildman–Crippen LogP) is 6.02. The molecule has 0 saturated heterocycles. The lowest BCUT2D eigenvalue weighted by Gasteiger charge is -2.10. The van der Waals surface area contributed by atoms with Crippen LogP contribution in [0.25, 0.3) is 0 Å². The number of rotatable bonds is 3. The van der Waals surface area contributed by atoms with Crippen molar-refractivity contribution in [2.24, 2.45) is 0 Å². The van der Waals surface area contributed by atoms with Crippen LogP contribution in [0, 0.1) is 27.7 Å². The fourth-order valence-electron chi connectivity index (χ4n) is 2.81. The Hall–Kier alpha value is -1.99. The van der Waals surface area contributed by atoms with Crippen molar-refractivity contribution in [3.8, 4) is 0 Å². The highest BCUT2D eigenvalue weighted by atomic mass is 32.2. The topological polar surface area (TPSA) is 0 Å². The van der Waals surface area contributed by atoms with Crippen molar-refractivity contribution in [3.05, 3.63) is 89.0 Å². The Morgan fingerprint density at radius 2 is 0.826 bits per heavy atom. The summed E-state index contributed by atoms with van der Waals surface area (Å²) in [5.41, 5.74) is 5.27. The molecule has 1 heteroatoms. The number of aryl methyl sites for hydroxylation is 4. The van der Waals surface area contributed by atoms with Gasteiger partial charge in [0, 0.05) is 0 Å². The highest BCUT2D eigenvalue weighted by Crippen LogP contribution is 2.32. The number of hydrogen-bond donors (Lipinski definition) is 0.